The average molecular weight is 246 g/mol. The van der Waals surface area contributed by atoms with Gasteiger partial charge in [-0.1, -0.05) is 19.0 Å². The Hall–Kier alpha value is -0.810. The number of nitrogens with zero attached hydrogens (tertiary/aromatic N) is 1. The molecular formula is C12H26N2O3. The Morgan fingerprint density at radius 1 is 1.18 bits per heavy atom. The van der Waals surface area contributed by atoms with E-state index in [0.29, 0.717) is 13.2 Å². The molecule has 102 valence electrons. The van der Waals surface area contributed by atoms with Gasteiger partial charge < -0.3 is 20.4 Å². The Labute approximate surface area is 104 Å². The predicted molar refractivity (Wildman–Crippen MR) is 68.3 cm³/mol. The molecule has 0 bridgehead atoms. The van der Waals surface area contributed by atoms with Crippen LogP contribution in [0.15, 0.2) is 5.16 Å². The third-order valence-electron chi connectivity index (χ3n) is 3.07. The van der Waals surface area contributed by atoms with Crippen molar-refractivity contribution in [1.82, 2.24) is 0 Å². The fourth-order valence-electron chi connectivity index (χ4n) is 1.11. The first kappa shape index (κ1) is 16.2. The molecule has 0 rings (SSSR count). The molecule has 17 heavy (non-hydrogen) atoms. The zero-order chi connectivity index (χ0) is 13.5. The van der Waals surface area contributed by atoms with Gasteiger partial charge in [0.25, 0.3) is 0 Å². The first-order chi connectivity index (χ1) is 7.75. The van der Waals surface area contributed by atoms with Crippen LogP contribution in [0.2, 0.25) is 0 Å². The van der Waals surface area contributed by atoms with Crippen molar-refractivity contribution in [3.05, 3.63) is 0 Å². The van der Waals surface area contributed by atoms with Crippen LogP contribution in [0.3, 0.4) is 0 Å². The zero-order valence-electron chi connectivity index (χ0n) is 11.6. The van der Waals surface area contributed by atoms with E-state index in [4.69, 9.17) is 20.4 Å². The number of ether oxygens (including phenoxy) is 2. The first-order valence-electron chi connectivity index (χ1n) is 5.86. The van der Waals surface area contributed by atoms with E-state index in [2.05, 4.69) is 5.16 Å². The molecular weight excluding hydrogens is 220 g/mol. The molecule has 5 nitrogen and oxygen atoms in total. The van der Waals surface area contributed by atoms with Gasteiger partial charge in [0.2, 0.25) is 0 Å². The molecule has 0 aliphatic rings. The van der Waals surface area contributed by atoms with Gasteiger partial charge in [-0.2, -0.15) is 0 Å². The Balaban J connectivity index is 3.79. The summed E-state index contributed by atoms with van der Waals surface area (Å²) < 4.78 is 10.8. The molecule has 0 amide bonds. The van der Waals surface area contributed by atoms with Crippen molar-refractivity contribution in [3.63, 3.8) is 0 Å². The minimum atomic E-state index is -0.342. The van der Waals surface area contributed by atoms with Crippen LogP contribution in [0.25, 0.3) is 0 Å². The van der Waals surface area contributed by atoms with E-state index in [9.17, 15) is 0 Å². The monoisotopic (exact) mass is 246 g/mol. The highest BCUT2D eigenvalue weighted by Crippen LogP contribution is 2.20. The Bertz CT molecular complexity index is 250. The Morgan fingerprint density at radius 2 is 1.71 bits per heavy atom. The van der Waals surface area contributed by atoms with E-state index < -0.39 is 0 Å². The van der Waals surface area contributed by atoms with Crippen LogP contribution in [0, 0.1) is 5.41 Å². The van der Waals surface area contributed by atoms with Crippen molar-refractivity contribution < 1.29 is 14.7 Å². The van der Waals surface area contributed by atoms with Crippen molar-refractivity contribution >= 4 is 5.84 Å². The lowest BCUT2D eigenvalue weighted by Gasteiger charge is -2.24. The summed E-state index contributed by atoms with van der Waals surface area (Å²) in [6.45, 7) is 9.12. The molecule has 0 aliphatic heterocycles. The molecule has 3 N–H and O–H groups in total. The first-order valence-corrected chi connectivity index (χ1v) is 5.86. The van der Waals surface area contributed by atoms with Crippen molar-refractivity contribution in [2.24, 2.45) is 16.3 Å². The molecule has 5 heteroatoms. The highest BCUT2D eigenvalue weighted by Gasteiger charge is 2.23. The van der Waals surface area contributed by atoms with Gasteiger partial charge in [-0.25, -0.2) is 0 Å². The van der Waals surface area contributed by atoms with Gasteiger partial charge in [0, 0.05) is 25.7 Å². The van der Waals surface area contributed by atoms with Crippen molar-refractivity contribution in [1.29, 1.82) is 0 Å². The summed E-state index contributed by atoms with van der Waals surface area (Å²) in [6.07, 6.45) is 1.56. The normalized spacial score (nSPS) is 14.1. The van der Waals surface area contributed by atoms with Crippen LogP contribution >= 0.6 is 0 Å². The van der Waals surface area contributed by atoms with Crippen LogP contribution in [0.4, 0.5) is 0 Å². The maximum Gasteiger partial charge on any atom is 0.144 e. The fraction of sp³-hybridized carbons (Fsp3) is 0.917. The Kier molecular flexibility index (Phi) is 6.49. The third-order valence-corrected chi connectivity index (χ3v) is 3.07. The predicted octanol–water partition coefficient (Wildman–Crippen LogP) is 1.98. The summed E-state index contributed by atoms with van der Waals surface area (Å²) in [6, 6.07) is 0. The van der Waals surface area contributed by atoms with E-state index in [1.807, 2.05) is 27.7 Å². The lowest BCUT2D eigenvalue weighted by molar-refractivity contribution is -0.0115. The van der Waals surface area contributed by atoms with Crippen LogP contribution in [-0.2, 0) is 9.47 Å². The summed E-state index contributed by atoms with van der Waals surface area (Å²) in [5.74, 6) is 0.235. The summed E-state index contributed by atoms with van der Waals surface area (Å²) in [4.78, 5) is 0. The highest BCUT2D eigenvalue weighted by atomic mass is 16.5. The molecule has 0 aliphatic carbocycles. The molecule has 0 heterocycles. The fourth-order valence-corrected chi connectivity index (χ4v) is 1.11. The number of amidine groups is 1. The van der Waals surface area contributed by atoms with Crippen LogP contribution in [-0.4, -0.2) is 37.0 Å². The van der Waals surface area contributed by atoms with Gasteiger partial charge in [-0.05, 0) is 26.7 Å². The minimum Gasteiger partial charge on any atom is -0.409 e. The summed E-state index contributed by atoms with van der Waals surface area (Å²) in [5.41, 5.74) is 5.09. The van der Waals surface area contributed by atoms with E-state index in [1.165, 1.54) is 0 Å². The Morgan fingerprint density at radius 3 is 2.18 bits per heavy atom. The standard InChI is InChI=1S/C12H26N2O3/c1-11(2,10(13)14-15)6-8-17-9-7-12(3,4)16-5/h15H,6-9H2,1-5H3,(H2,13,14). The number of hydrogen-bond acceptors (Lipinski definition) is 4. The van der Waals surface area contributed by atoms with E-state index in [-0.39, 0.29) is 16.9 Å². The van der Waals surface area contributed by atoms with Gasteiger partial charge in [0.15, 0.2) is 0 Å². The maximum atomic E-state index is 8.62. The second kappa shape index (κ2) is 6.81. The van der Waals surface area contributed by atoms with Gasteiger partial charge in [0.05, 0.1) is 5.60 Å². The molecule has 0 atom stereocenters. The molecule has 0 fully saturated rings. The number of oxime groups is 1. The van der Waals surface area contributed by atoms with Gasteiger partial charge in [-0.15, -0.1) is 0 Å². The molecule has 0 saturated heterocycles. The quantitative estimate of drug-likeness (QED) is 0.226. The molecule has 0 radical (unpaired) electrons. The lowest BCUT2D eigenvalue weighted by atomic mass is 9.88. The topological polar surface area (TPSA) is 77.1 Å². The van der Waals surface area contributed by atoms with Crippen LogP contribution < -0.4 is 5.73 Å². The summed E-state index contributed by atoms with van der Waals surface area (Å²) >= 11 is 0. The van der Waals surface area contributed by atoms with Crippen molar-refractivity contribution in [2.45, 2.75) is 46.1 Å². The SMILES string of the molecule is COC(C)(C)CCOCCC(C)(C)C(N)=NO. The van der Waals surface area contributed by atoms with Crippen molar-refractivity contribution in [3.8, 4) is 0 Å². The number of methoxy groups -OCH3 is 1. The van der Waals surface area contributed by atoms with Crippen LogP contribution in [0.5, 0.6) is 0 Å². The second-order valence-electron chi connectivity index (χ2n) is 5.45. The van der Waals surface area contributed by atoms with Gasteiger partial charge >= 0.3 is 0 Å². The number of hydrogen-bond donors (Lipinski definition) is 2. The second-order valence-corrected chi connectivity index (χ2v) is 5.45. The summed E-state index contributed by atoms with van der Waals surface area (Å²) in [7, 11) is 1.70. The average Bonchev–Trinajstić information content (AvgIpc) is 2.27. The van der Waals surface area contributed by atoms with E-state index in [1.54, 1.807) is 7.11 Å². The minimum absolute atomic E-state index is 0.152. The van der Waals surface area contributed by atoms with Crippen LogP contribution in [0.1, 0.15) is 40.5 Å². The van der Waals surface area contributed by atoms with Crippen molar-refractivity contribution in [2.75, 3.05) is 20.3 Å². The molecule has 0 unspecified atom stereocenters. The smallest absolute Gasteiger partial charge is 0.144 e. The number of rotatable bonds is 8. The molecule has 0 spiro atoms. The highest BCUT2D eigenvalue weighted by molar-refractivity contribution is 5.85. The maximum absolute atomic E-state index is 8.62. The zero-order valence-corrected chi connectivity index (χ0v) is 11.6. The third kappa shape index (κ3) is 6.48. The summed E-state index contributed by atoms with van der Waals surface area (Å²) in [5, 5.41) is 11.6. The lowest BCUT2D eigenvalue weighted by Crippen LogP contribution is -2.33. The van der Waals surface area contributed by atoms with Gasteiger partial charge in [-0.3, -0.25) is 0 Å². The van der Waals surface area contributed by atoms with E-state index in [0.717, 1.165) is 12.8 Å². The molecule has 0 aromatic rings. The number of nitrogens with two attached hydrogens (primary N) is 1. The largest absolute Gasteiger partial charge is 0.409 e. The van der Waals surface area contributed by atoms with E-state index >= 15 is 0 Å². The molecule has 0 aromatic carbocycles. The van der Waals surface area contributed by atoms with Gasteiger partial charge in [0.1, 0.15) is 5.84 Å². The molecule has 0 saturated carbocycles. The molecule has 0 aromatic heterocycles.